The molecule has 0 bridgehead atoms. The molecule has 0 aromatic carbocycles. The maximum atomic E-state index is 11.6. The molecular formula is C12H19N3O3. The molecule has 18 heavy (non-hydrogen) atoms. The number of rotatable bonds is 4. The second-order valence-corrected chi connectivity index (χ2v) is 4.30. The van der Waals surface area contributed by atoms with Crippen LogP contribution in [-0.4, -0.2) is 55.4 Å². The molecule has 6 heteroatoms. The van der Waals surface area contributed by atoms with Gasteiger partial charge >= 0.3 is 5.97 Å². The van der Waals surface area contributed by atoms with Gasteiger partial charge in [0.1, 0.15) is 5.69 Å². The standard InChI is InChI=1S/C12H19N3O3/c1-17-12(16)11-8-10(13)9-15(11)3-2-14-4-6-18-7-5-14/h8-9H,2-7,13H2,1H3. The van der Waals surface area contributed by atoms with Crippen LogP contribution in [0.15, 0.2) is 12.3 Å². The summed E-state index contributed by atoms with van der Waals surface area (Å²) in [5.41, 5.74) is 6.80. The first-order valence-electron chi connectivity index (χ1n) is 6.05. The number of hydrogen-bond acceptors (Lipinski definition) is 5. The number of morpholine rings is 1. The molecule has 1 aliphatic rings. The first-order valence-corrected chi connectivity index (χ1v) is 6.05. The molecule has 1 aromatic rings. The number of nitrogens with zero attached hydrogens (tertiary/aromatic N) is 2. The molecule has 0 aliphatic carbocycles. The third kappa shape index (κ3) is 3.02. The zero-order valence-corrected chi connectivity index (χ0v) is 10.6. The van der Waals surface area contributed by atoms with Gasteiger partial charge in [0.2, 0.25) is 0 Å². The van der Waals surface area contributed by atoms with Crippen LogP contribution in [0.25, 0.3) is 0 Å². The molecule has 0 spiro atoms. The molecule has 1 aliphatic heterocycles. The van der Waals surface area contributed by atoms with Gasteiger partial charge < -0.3 is 19.8 Å². The van der Waals surface area contributed by atoms with Gasteiger partial charge in [-0.2, -0.15) is 0 Å². The number of carbonyl (C=O) groups excluding carboxylic acids is 1. The van der Waals surface area contributed by atoms with Gasteiger partial charge in [0, 0.05) is 32.4 Å². The molecule has 0 unspecified atom stereocenters. The minimum atomic E-state index is -0.353. The van der Waals surface area contributed by atoms with E-state index in [1.165, 1.54) is 7.11 Å². The Morgan fingerprint density at radius 3 is 2.83 bits per heavy atom. The third-order valence-electron chi connectivity index (χ3n) is 3.07. The average Bonchev–Trinajstić information content (AvgIpc) is 2.78. The van der Waals surface area contributed by atoms with Crippen molar-refractivity contribution in [1.29, 1.82) is 0 Å². The lowest BCUT2D eigenvalue weighted by molar-refractivity contribution is 0.0360. The van der Waals surface area contributed by atoms with Crippen LogP contribution in [0.4, 0.5) is 5.69 Å². The maximum absolute atomic E-state index is 11.6. The number of anilines is 1. The van der Waals surface area contributed by atoms with Crippen molar-refractivity contribution in [2.45, 2.75) is 6.54 Å². The zero-order valence-electron chi connectivity index (χ0n) is 10.6. The van der Waals surface area contributed by atoms with E-state index in [-0.39, 0.29) is 5.97 Å². The van der Waals surface area contributed by atoms with Crippen LogP contribution < -0.4 is 5.73 Å². The first-order chi connectivity index (χ1) is 8.70. The fourth-order valence-electron chi connectivity index (χ4n) is 2.07. The summed E-state index contributed by atoms with van der Waals surface area (Å²) in [6.07, 6.45) is 1.77. The lowest BCUT2D eigenvalue weighted by Crippen LogP contribution is -2.38. The van der Waals surface area contributed by atoms with E-state index in [1.54, 1.807) is 12.3 Å². The molecule has 0 radical (unpaired) electrons. The summed E-state index contributed by atoms with van der Waals surface area (Å²) in [6.45, 7) is 5.02. The minimum absolute atomic E-state index is 0.353. The van der Waals surface area contributed by atoms with E-state index in [4.69, 9.17) is 15.2 Å². The molecule has 6 nitrogen and oxygen atoms in total. The quantitative estimate of drug-likeness (QED) is 0.776. The topological polar surface area (TPSA) is 69.7 Å². The normalized spacial score (nSPS) is 16.7. The second-order valence-electron chi connectivity index (χ2n) is 4.30. The van der Waals surface area contributed by atoms with Crippen LogP contribution in [0, 0.1) is 0 Å². The number of methoxy groups -OCH3 is 1. The Labute approximate surface area is 106 Å². The van der Waals surface area contributed by atoms with Crippen molar-refractivity contribution < 1.29 is 14.3 Å². The summed E-state index contributed by atoms with van der Waals surface area (Å²) in [7, 11) is 1.37. The molecule has 100 valence electrons. The van der Waals surface area contributed by atoms with Crippen LogP contribution in [0.3, 0.4) is 0 Å². The summed E-state index contributed by atoms with van der Waals surface area (Å²) in [5.74, 6) is -0.353. The van der Waals surface area contributed by atoms with Crippen LogP contribution in [0.5, 0.6) is 0 Å². The molecule has 2 N–H and O–H groups in total. The predicted molar refractivity (Wildman–Crippen MR) is 67.4 cm³/mol. The molecule has 1 saturated heterocycles. The number of nitrogen functional groups attached to an aromatic ring is 1. The first kappa shape index (κ1) is 12.9. The fraction of sp³-hybridized carbons (Fsp3) is 0.583. The Morgan fingerprint density at radius 1 is 1.44 bits per heavy atom. The Bertz CT molecular complexity index is 411. The van der Waals surface area contributed by atoms with E-state index in [0.29, 0.717) is 11.4 Å². The monoisotopic (exact) mass is 253 g/mol. The van der Waals surface area contributed by atoms with Crippen molar-refractivity contribution in [1.82, 2.24) is 9.47 Å². The highest BCUT2D eigenvalue weighted by Crippen LogP contribution is 2.12. The van der Waals surface area contributed by atoms with Gasteiger partial charge in [-0.05, 0) is 6.07 Å². The Kier molecular flexibility index (Phi) is 4.22. The third-order valence-corrected chi connectivity index (χ3v) is 3.07. The van der Waals surface area contributed by atoms with Crippen molar-refractivity contribution in [2.24, 2.45) is 0 Å². The van der Waals surface area contributed by atoms with Gasteiger partial charge in [-0.15, -0.1) is 0 Å². The van der Waals surface area contributed by atoms with Crippen molar-refractivity contribution >= 4 is 11.7 Å². The smallest absolute Gasteiger partial charge is 0.354 e. The number of carbonyl (C=O) groups is 1. The van der Waals surface area contributed by atoms with E-state index in [2.05, 4.69) is 4.90 Å². The Balaban J connectivity index is 1.97. The van der Waals surface area contributed by atoms with E-state index < -0.39 is 0 Å². The molecular weight excluding hydrogens is 234 g/mol. The summed E-state index contributed by atoms with van der Waals surface area (Å²) < 4.78 is 11.9. The SMILES string of the molecule is COC(=O)c1cc(N)cn1CCN1CCOCC1. The van der Waals surface area contributed by atoms with Gasteiger partial charge in [-0.25, -0.2) is 4.79 Å². The number of hydrogen-bond donors (Lipinski definition) is 1. The van der Waals surface area contributed by atoms with Gasteiger partial charge in [-0.1, -0.05) is 0 Å². The van der Waals surface area contributed by atoms with Crippen molar-refractivity contribution in [3.05, 3.63) is 18.0 Å². The number of nitrogens with two attached hydrogens (primary N) is 1. The van der Waals surface area contributed by atoms with Crippen LogP contribution in [0.2, 0.25) is 0 Å². The van der Waals surface area contributed by atoms with E-state index in [0.717, 1.165) is 39.4 Å². The highest BCUT2D eigenvalue weighted by molar-refractivity contribution is 5.88. The Hall–Kier alpha value is -1.53. The van der Waals surface area contributed by atoms with Gasteiger partial charge in [0.25, 0.3) is 0 Å². The number of ether oxygens (including phenoxy) is 2. The lowest BCUT2D eigenvalue weighted by Gasteiger charge is -2.26. The average molecular weight is 253 g/mol. The van der Waals surface area contributed by atoms with Crippen molar-refractivity contribution in [3.63, 3.8) is 0 Å². The second kappa shape index (κ2) is 5.88. The molecule has 1 fully saturated rings. The largest absolute Gasteiger partial charge is 0.464 e. The van der Waals surface area contributed by atoms with Gasteiger partial charge in [-0.3, -0.25) is 4.90 Å². The summed E-state index contributed by atoms with van der Waals surface area (Å²) in [4.78, 5) is 13.9. The summed E-state index contributed by atoms with van der Waals surface area (Å²) in [5, 5.41) is 0. The molecule has 2 rings (SSSR count). The highest BCUT2D eigenvalue weighted by Gasteiger charge is 2.15. The lowest BCUT2D eigenvalue weighted by atomic mass is 10.4. The van der Waals surface area contributed by atoms with Crippen LogP contribution in [0.1, 0.15) is 10.5 Å². The van der Waals surface area contributed by atoms with Gasteiger partial charge in [0.15, 0.2) is 0 Å². The number of esters is 1. The molecule has 1 aromatic heterocycles. The summed E-state index contributed by atoms with van der Waals surface area (Å²) in [6, 6.07) is 1.64. The highest BCUT2D eigenvalue weighted by atomic mass is 16.5. The predicted octanol–water partition coefficient (Wildman–Crippen LogP) is 0.189. The van der Waals surface area contributed by atoms with Crippen molar-refractivity contribution in [3.8, 4) is 0 Å². The zero-order chi connectivity index (χ0) is 13.0. The fourth-order valence-corrected chi connectivity index (χ4v) is 2.07. The molecule has 0 atom stereocenters. The minimum Gasteiger partial charge on any atom is -0.464 e. The van der Waals surface area contributed by atoms with Crippen LogP contribution >= 0.6 is 0 Å². The number of aromatic nitrogens is 1. The van der Waals surface area contributed by atoms with Crippen LogP contribution in [-0.2, 0) is 16.0 Å². The molecule has 0 saturated carbocycles. The maximum Gasteiger partial charge on any atom is 0.354 e. The van der Waals surface area contributed by atoms with E-state index >= 15 is 0 Å². The van der Waals surface area contributed by atoms with E-state index in [9.17, 15) is 4.79 Å². The van der Waals surface area contributed by atoms with Gasteiger partial charge in [0.05, 0.1) is 26.0 Å². The van der Waals surface area contributed by atoms with Crippen molar-refractivity contribution in [2.75, 3.05) is 45.7 Å². The molecule has 2 heterocycles. The molecule has 0 amide bonds. The van der Waals surface area contributed by atoms with E-state index in [1.807, 2.05) is 4.57 Å². The Morgan fingerprint density at radius 2 is 2.17 bits per heavy atom. The summed E-state index contributed by atoms with van der Waals surface area (Å²) >= 11 is 0.